The van der Waals surface area contributed by atoms with Gasteiger partial charge in [-0.15, -0.1) is 0 Å². The number of aliphatic hydroxyl groups excluding tert-OH is 1. The predicted octanol–water partition coefficient (Wildman–Crippen LogP) is 3.44. The van der Waals surface area contributed by atoms with Crippen molar-refractivity contribution >= 4 is 17.8 Å². The fourth-order valence-electron chi connectivity index (χ4n) is 7.39. The van der Waals surface area contributed by atoms with Gasteiger partial charge in [-0.3, -0.25) is 14.4 Å². The van der Waals surface area contributed by atoms with Crippen molar-refractivity contribution in [1.29, 1.82) is 0 Å². The van der Waals surface area contributed by atoms with Gasteiger partial charge >= 0.3 is 5.97 Å². The minimum absolute atomic E-state index is 0.00153. The molecule has 36 heavy (non-hydrogen) atoms. The monoisotopic (exact) mass is 508 g/mol. The molecule has 2 amide bonds. The highest BCUT2D eigenvalue weighted by Gasteiger charge is 2.80. The van der Waals surface area contributed by atoms with Gasteiger partial charge in [-0.25, -0.2) is 0 Å². The zero-order chi connectivity index (χ0) is 27.1. The lowest BCUT2D eigenvalue weighted by Crippen LogP contribution is -2.59. The lowest BCUT2D eigenvalue weighted by Gasteiger charge is -2.38. The highest BCUT2D eigenvalue weighted by Crippen LogP contribution is 2.65. The first-order chi connectivity index (χ1) is 16.6. The Labute approximate surface area is 216 Å². The van der Waals surface area contributed by atoms with Gasteiger partial charge in [-0.05, 0) is 64.7 Å². The smallest absolute Gasteiger partial charge is 0.312 e. The van der Waals surface area contributed by atoms with E-state index in [9.17, 15) is 14.4 Å². The minimum atomic E-state index is -1.05. The normalized spacial score (nSPS) is 33.7. The first-order valence-corrected chi connectivity index (χ1v) is 13.7. The number of unbranched alkanes of at least 4 members (excludes halogenated alkanes) is 3. The zero-order valence-electron chi connectivity index (χ0n) is 23.6. The molecule has 0 aromatic carbocycles. The summed E-state index contributed by atoms with van der Waals surface area (Å²) in [7, 11) is 0. The number of likely N-dealkylation sites (tertiary alicyclic amines) is 1. The van der Waals surface area contributed by atoms with Crippen LogP contribution in [0.4, 0.5) is 0 Å². The summed E-state index contributed by atoms with van der Waals surface area (Å²) < 4.78 is 12.1. The van der Waals surface area contributed by atoms with Crippen molar-refractivity contribution in [3.05, 3.63) is 0 Å². The first-order valence-electron chi connectivity index (χ1n) is 13.7. The molecule has 0 aliphatic carbocycles. The number of nitrogens with zero attached hydrogens (tertiary/aromatic N) is 1. The third-order valence-electron chi connectivity index (χ3n) is 8.34. The number of amides is 2. The van der Waals surface area contributed by atoms with Gasteiger partial charge in [0.05, 0.1) is 18.1 Å². The summed E-state index contributed by atoms with van der Waals surface area (Å²) in [5.41, 5.74) is -2.36. The third-order valence-corrected chi connectivity index (χ3v) is 8.34. The standard InChI is InChI=1S/C28H48N2O6/c1-9-35-24(34)20-19-23(33)30(14-12-10-11-13-15-31)21(28(19)16-18(2)27(20,8)36-28)22(32)29-26(6,7)17-25(3,4)5/h18-21,31H,9-17H2,1-8H3,(H,29,32)/t18?,19-,20+,21?,27-,28?/m0/s1. The highest BCUT2D eigenvalue weighted by molar-refractivity contribution is 5.98. The zero-order valence-corrected chi connectivity index (χ0v) is 23.6. The van der Waals surface area contributed by atoms with Crippen LogP contribution in [0.1, 0.15) is 93.9 Å². The molecule has 8 nitrogen and oxygen atoms in total. The molecule has 2 N–H and O–H groups in total. The van der Waals surface area contributed by atoms with Crippen LogP contribution in [0.25, 0.3) is 0 Å². The molecule has 3 aliphatic rings. The summed E-state index contributed by atoms with van der Waals surface area (Å²) in [5.74, 6) is -2.26. The molecule has 3 aliphatic heterocycles. The molecule has 8 heteroatoms. The Balaban J connectivity index is 1.97. The number of rotatable bonds is 11. The van der Waals surface area contributed by atoms with E-state index in [4.69, 9.17) is 14.6 Å². The average molecular weight is 509 g/mol. The van der Waals surface area contributed by atoms with E-state index >= 15 is 0 Å². The van der Waals surface area contributed by atoms with Crippen molar-refractivity contribution < 1.29 is 29.0 Å². The highest BCUT2D eigenvalue weighted by atomic mass is 16.6. The Morgan fingerprint density at radius 3 is 2.39 bits per heavy atom. The van der Waals surface area contributed by atoms with E-state index in [1.807, 2.05) is 27.7 Å². The number of esters is 1. The van der Waals surface area contributed by atoms with Crippen LogP contribution in [0, 0.1) is 23.2 Å². The molecule has 2 bridgehead atoms. The maximum Gasteiger partial charge on any atom is 0.312 e. The van der Waals surface area contributed by atoms with E-state index in [-0.39, 0.29) is 36.4 Å². The van der Waals surface area contributed by atoms with Crippen molar-refractivity contribution in [2.45, 2.75) is 117 Å². The molecule has 3 rings (SSSR count). The number of carbonyl (C=O) groups is 3. The van der Waals surface area contributed by atoms with Crippen molar-refractivity contribution in [1.82, 2.24) is 10.2 Å². The Kier molecular flexibility index (Phi) is 8.22. The molecule has 3 fully saturated rings. The SMILES string of the molecule is CCOC(=O)[C@H]1[C@H]2C(=O)N(CCCCCCO)C(C(=O)NC(C)(C)CC(C)(C)C)C23CC(C)[C@]1(C)O3. The van der Waals surface area contributed by atoms with E-state index < -0.39 is 40.6 Å². The van der Waals surface area contributed by atoms with E-state index in [0.717, 1.165) is 32.1 Å². The van der Waals surface area contributed by atoms with Crippen molar-refractivity contribution in [3.63, 3.8) is 0 Å². The van der Waals surface area contributed by atoms with Gasteiger partial charge in [0, 0.05) is 18.7 Å². The van der Waals surface area contributed by atoms with Gasteiger partial charge in [0.25, 0.3) is 0 Å². The molecule has 6 atom stereocenters. The van der Waals surface area contributed by atoms with Crippen molar-refractivity contribution in [2.75, 3.05) is 19.8 Å². The molecule has 206 valence electrons. The van der Waals surface area contributed by atoms with E-state index in [1.165, 1.54) is 0 Å². The number of fused-ring (bicyclic) bond motifs is 1. The fraction of sp³-hybridized carbons (Fsp3) is 0.893. The molecule has 0 saturated carbocycles. The number of carbonyl (C=O) groups excluding carboxylic acids is 3. The summed E-state index contributed by atoms with van der Waals surface area (Å²) in [4.78, 5) is 42.9. The largest absolute Gasteiger partial charge is 0.466 e. The first kappa shape index (κ1) is 28.9. The van der Waals surface area contributed by atoms with Crippen molar-refractivity contribution in [3.8, 4) is 0 Å². The Morgan fingerprint density at radius 2 is 1.81 bits per heavy atom. The predicted molar refractivity (Wildman–Crippen MR) is 137 cm³/mol. The summed E-state index contributed by atoms with van der Waals surface area (Å²) in [6.45, 7) is 16.9. The van der Waals surface area contributed by atoms with Crippen LogP contribution in [0.15, 0.2) is 0 Å². The maximum atomic E-state index is 14.0. The third kappa shape index (κ3) is 5.17. The van der Waals surface area contributed by atoms with Gasteiger partial charge in [-0.1, -0.05) is 40.5 Å². The number of ether oxygens (including phenoxy) is 2. The summed E-state index contributed by atoms with van der Waals surface area (Å²) in [6.07, 6.45) is 4.47. The molecule has 3 saturated heterocycles. The maximum absolute atomic E-state index is 14.0. The van der Waals surface area contributed by atoms with Gasteiger partial charge in [0.2, 0.25) is 11.8 Å². The van der Waals surface area contributed by atoms with Gasteiger partial charge < -0.3 is 24.8 Å². The second-order valence-electron chi connectivity index (χ2n) is 13.2. The van der Waals surface area contributed by atoms with Crippen LogP contribution in [-0.4, -0.2) is 70.3 Å². The lowest BCUT2D eigenvalue weighted by molar-refractivity contribution is -0.161. The van der Waals surface area contributed by atoms with Crippen LogP contribution in [0.5, 0.6) is 0 Å². The molecule has 1 spiro atoms. The molecule has 3 unspecified atom stereocenters. The average Bonchev–Trinajstić information content (AvgIpc) is 3.23. The molecular weight excluding hydrogens is 460 g/mol. The minimum Gasteiger partial charge on any atom is -0.466 e. The van der Waals surface area contributed by atoms with Crippen LogP contribution in [0.3, 0.4) is 0 Å². The number of hydrogen-bond acceptors (Lipinski definition) is 6. The summed E-state index contributed by atoms with van der Waals surface area (Å²) >= 11 is 0. The summed E-state index contributed by atoms with van der Waals surface area (Å²) in [5, 5.41) is 12.3. The van der Waals surface area contributed by atoms with E-state index in [0.29, 0.717) is 13.0 Å². The lowest BCUT2D eigenvalue weighted by atomic mass is 9.62. The summed E-state index contributed by atoms with van der Waals surface area (Å²) in [6, 6.07) is -0.796. The van der Waals surface area contributed by atoms with Gasteiger partial charge in [0.1, 0.15) is 17.6 Å². The van der Waals surface area contributed by atoms with Gasteiger partial charge in [0.15, 0.2) is 0 Å². The van der Waals surface area contributed by atoms with E-state index in [1.54, 1.807) is 11.8 Å². The molecule has 0 radical (unpaired) electrons. The van der Waals surface area contributed by atoms with Crippen LogP contribution in [0.2, 0.25) is 0 Å². The Hall–Kier alpha value is -1.67. The van der Waals surface area contributed by atoms with Crippen LogP contribution >= 0.6 is 0 Å². The second kappa shape index (κ2) is 10.2. The molecule has 3 heterocycles. The van der Waals surface area contributed by atoms with Crippen LogP contribution in [-0.2, 0) is 23.9 Å². The number of hydrogen-bond donors (Lipinski definition) is 2. The topological polar surface area (TPSA) is 105 Å². The number of aliphatic hydroxyl groups is 1. The Bertz CT molecular complexity index is 851. The second-order valence-corrected chi connectivity index (χ2v) is 13.2. The van der Waals surface area contributed by atoms with E-state index in [2.05, 4.69) is 26.1 Å². The fourth-order valence-corrected chi connectivity index (χ4v) is 7.39. The number of nitrogens with one attached hydrogen (secondary N) is 1. The molecular formula is C28H48N2O6. The molecule has 0 aromatic rings. The van der Waals surface area contributed by atoms with Crippen LogP contribution < -0.4 is 5.32 Å². The quantitative estimate of drug-likeness (QED) is 0.327. The van der Waals surface area contributed by atoms with Crippen molar-refractivity contribution in [2.24, 2.45) is 23.2 Å². The van der Waals surface area contributed by atoms with Gasteiger partial charge in [-0.2, -0.15) is 0 Å². The Morgan fingerprint density at radius 1 is 1.17 bits per heavy atom. The molecule has 0 aromatic heterocycles.